The highest BCUT2D eigenvalue weighted by molar-refractivity contribution is 6.31. The van der Waals surface area contributed by atoms with Crippen LogP contribution in [0.25, 0.3) is 0 Å². The Labute approximate surface area is 100.0 Å². The molecule has 1 heterocycles. The molecule has 0 radical (unpaired) electrons. The van der Waals surface area contributed by atoms with Crippen molar-refractivity contribution in [3.8, 4) is 0 Å². The van der Waals surface area contributed by atoms with Crippen molar-refractivity contribution in [2.24, 2.45) is 5.73 Å². The SMILES string of the molecule is NCc1ccc([C@H]2CCNC(=O)C2)c(Cl)c1. The van der Waals surface area contributed by atoms with E-state index < -0.39 is 0 Å². The van der Waals surface area contributed by atoms with Gasteiger partial charge in [-0.3, -0.25) is 4.79 Å². The van der Waals surface area contributed by atoms with Crippen molar-refractivity contribution in [3.05, 3.63) is 34.3 Å². The van der Waals surface area contributed by atoms with Gasteiger partial charge in [-0.1, -0.05) is 23.7 Å². The van der Waals surface area contributed by atoms with E-state index in [2.05, 4.69) is 5.32 Å². The van der Waals surface area contributed by atoms with Gasteiger partial charge in [-0.15, -0.1) is 0 Å². The molecule has 0 aromatic heterocycles. The number of amides is 1. The minimum atomic E-state index is 0.107. The number of carbonyl (C=O) groups is 1. The molecule has 16 heavy (non-hydrogen) atoms. The number of nitrogens with one attached hydrogen (secondary N) is 1. The van der Waals surface area contributed by atoms with Crippen LogP contribution < -0.4 is 11.1 Å². The van der Waals surface area contributed by atoms with Gasteiger partial charge < -0.3 is 11.1 Å². The van der Waals surface area contributed by atoms with Crippen LogP contribution in [-0.2, 0) is 11.3 Å². The fourth-order valence-electron chi connectivity index (χ4n) is 2.08. The van der Waals surface area contributed by atoms with Gasteiger partial charge in [0.15, 0.2) is 0 Å². The Morgan fingerprint density at radius 3 is 2.94 bits per heavy atom. The molecule has 1 aromatic carbocycles. The number of nitrogens with two attached hydrogens (primary N) is 1. The Morgan fingerprint density at radius 1 is 1.50 bits per heavy atom. The van der Waals surface area contributed by atoms with Gasteiger partial charge in [0.1, 0.15) is 0 Å². The van der Waals surface area contributed by atoms with Crippen LogP contribution in [0, 0.1) is 0 Å². The van der Waals surface area contributed by atoms with Crippen molar-refractivity contribution in [1.29, 1.82) is 0 Å². The van der Waals surface area contributed by atoms with E-state index in [9.17, 15) is 4.79 Å². The zero-order chi connectivity index (χ0) is 11.5. The maximum absolute atomic E-state index is 11.3. The maximum atomic E-state index is 11.3. The minimum absolute atomic E-state index is 0.107. The topological polar surface area (TPSA) is 55.1 Å². The third-order valence-electron chi connectivity index (χ3n) is 2.99. The van der Waals surface area contributed by atoms with E-state index in [0.717, 1.165) is 29.1 Å². The van der Waals surface area contributed by atoms with Gasteiger partial charge in [0.25, 0.3) is 0 Å². The van der Waals surface area contributed by atoms with Gasteiger partial charge in [0.2, 0.25) is 5.91 Å². The third-order valence-corrected chi connectivity index (χ3v) is 3.31. The summed E-state index contributed by atoms with van der Waals surface area (Å²) in [5.41, 5.74) is 7.63. The first-order chi connectivity index (χ1) is 7.70. The highest BCUT2D eigenvalue weighted by Crippen LogP contribution is 2.31. The predicted octanol–water partition coefficient (Wildman–Crippen LogP) is 1.79. The van der Waals surface area contributed by atoms with Crippen LogP contribution in [0.15, 0.2) is 18.2 Å². The molecule has 1 fully saturated rings. The van der Waals surface area contributed by atoms with Gasteiger partial charge in [-0.05, 0) is 29.5 Å². The molecule has 2 rings (SSSR count). The van der Waals surface area contributed by atoms with E-state index in [1.54, 1.807) is 0 Å². The van der Waals surface area contributed by atoms with Crippen LogP contribution in [0.5, 0.6) is 0 Å². The quantitative estimate of drug-likeness (QED) is 0.826. The smallest absolute Gasteiger partial charge is 0.220 e. The standard InChI is InChI=1S/C12H15ClN2O/c13-11-5-8(7-14)1-2-10(11)9-3-4-15-12(16)6-9/h1-2,5,9H,3-4,6-7,14H2,(H,15,16)/t9-/m0/s1. The summed E-state index contributed by atoms with van der Waals surface area (Å²) >= 11 is 6.20. The third kappa shape index (κ3) is 2.36. The van der Waals surface area contributed by atoms with Crippen LogP contribution in [0.3, 0.4) is 0 Å². The second kappa shape index (κ2) is 4.85. The average molecular weight is 239 g/mol. The normalized spacial score (nSPS) is 20.6. The maximum Gasteiger partial charge on any atom is 0.220 e. The fraction of sp³-hybridized carbons (Fsp3) is 0.417. The molecule has 1 saturated heterocycles. The molecular formula is C12H15ClN2O. The van der Waals surface area contributed by atoms with Gasteiger partial charge in [-0.2, -0.15) is 0 Å². The van der Waals surface area contributed by atoms with Crippen LogP contribution in [0.1, 0.15) is 29.9 Å². The lowest BCUT2D eigenvalue weighted by Gasteiger charge is -2.23. The second-order valence-corrected chi connectivity index (χ2v) is 4.51. The van der Waals surface area contributed by atoms with E-state index in [1.165, 1.54) is 0 Å². The Kier molecular flexibility index (Phi) is 3.46. The van der Waals surface area contributed by atoms with Gasteiger partial charge in [0, 0.05) is 24.5 Å². The molecule has 1 aliphatic heterocycles. The molecule has 4 heteroatoms. The summed E-state index contributed by atoms with van der Waals surface area (Å²) in [5, 5.41) is 3.55. The van der Waals surface area contributed by atoms with Crippen LogP contribution in [-0.4, -0.2) is 12.5 Å². The molecular weight excluding hydrogens is 224 g/mol. The highest BCUT2D eigenvalue weighted by Gasteiger charge is 2.22. The van der Waals surface area contributed by atoms with Crippen molar-refractivity contribution in [1.82, 2.24) is 5.32 Å². The molecule has 0 bridgehead atoms. The van der Waals surface area contributed by atoms with Gasteiger partial charge >= 0.3 is 0 Å². The van der Waals surface area contributed by atoms with Crippen LogP contribution in [0.2, 0.25) is 5.02 Å². The minimum Gasteiger partial charge on any atom is -0.356 e. The van der Waals surface area contributed by atoms with Crippen molar-refractivity contribution in [2.45, 2.75) is 25.3 Å². The molecule has 86 valence electrons. The summed E-state index contributed by atoms with van der Waals surface area (Å²) < 4.78 is 0. The van der Waals surface area contributed by atoms with Crippen molar-refractivity contribution >= 4 is 17.5 Å². The molecule has 1 aliphatic rings. The van der Waals surface area contributed by atoms with E-state index in [-0.39, 0.29) is 11.8 Å². The first-order valence-electron chi connectivity index (χ1n) is 5.46. The molecule has 1 amide bonds. The Bertz CT molecular complexity index is 406. The average Bonchev–Trinajstić information content (AvgIpc) is 2.28. The summed E-state index contributed by atoms with van der Waals surface area (Å²) in [5.74, 6) is 0.350. The van der Waals surface area contributed by atoms with Crippen molar-refractivity contribution < 1.29 is 4.79 Å². The van der Waals surface area contributed by atoms with E-state index in [0.29, 0.717) is 13.0 Å². The van der Waals surface area contributed by atoms with Crippen molar-refractivity contribution in [2.75, 3.05) is 6.54 Å². The van der Waals surface area contributed by atoms with Crippen LogP contribution >= 0.6 is 11.6 Å². The number of hydrogen-bond acceptors (Lipinski definition) is 2. The molecule has 1 aromatic rings. The molecule has 0 spiro atoms. The molecule has 0 aliphatic carbocycles. The highest BCUT2D eigenvalue weighted by atomic mass is 35.5. The van der Waals surface area contributed by atoms with Gasteiger partial charge in [-0.25, -0.2) is 0 Å². The monoisotopic (exact) mass is 238 g/mol. The Hall–Kier alpha value is -1.06. The number of rotatable bonds is 2. The molecule has 1 atom stereocenters. The largest absolute Gasteiger partial charge is 0.356 e. The zero-order valence-electron chi connectivity index (χ0n) is 9.00. The number of piperidine rings is 1. The van der Waals surface area contributed by atoms with Crippen molar-refractivity contribution in [3.63, 3.8) is 0 Å². The van der Waals surface area contributed by atoms with Gasteiger partial charge in [0.05, 0.1) is 0 Å². The second-order valence-electron chi connectivity index (χ2n) is 4.10. The fourth-order valence-corrected chi connectivity index (χ4v) is 2.44. The summed E-state index contributed by atoms with van der Waals surface area (Å²) in [6.07, 6.45) is 1.48. The Morgan fingerprint density at radius 2 is 2.31 bits per heavy atom. The summed E-state index contributed by atoms with van der Waals surface area (Å²) in [4.78, 5) is 11.3. The summed E-state index contributed by atoms with van der Waals surface area (Å²) in [6, 6.07) is 5.87. The molecule has 3 N–H and O–H groups in total. The number of benzene rings is 1. The lowest BCUT2D eigenvalue weighted by molar-refractivity contribution is -0.122. The number of hydrogen-bond donors (Lipinski definition) is 2. The zero-order valence-corrected chi connectivity index (χ0v) is 9.76. The lowest BCUT2D eigenvalue weighted by Crippen LogP contribution is -2.32. The van der Waals surface area contributed by atoms with E-state index in [4.69, 9.17) is 17.3 Å². The molecule has 3 nitrogen and oxygen atoms in total. The summed E-state index contributed by atoms with van der Waals surface area (Å²) in [6.45, 7) is 1.23. The molecule has 0 saturated carbocycles. The Balaban J connectivity index is 2.22. The van der Waals surface area contributed by atoms with E-state index >= 15 is 0 Å². The van der Waals surface area contributed by atoms with E-state index in [1.807, 2.05) is 18.2 Å². The number of halogens is 1. The summed E-state index contributed by atoms with van der Waals surface area (Å²) in [7, 11) is 0. The molecule has 0 unspecified atom stereocenters. The number of carbonyl (C=O) groups excluding carboxylic acids is 1. The first kappa shape index (κ1) is 11.4. The van der Waals surface area contributed by atoms with Crippen LogP contribution in [0.4, 0.5) is 0 Å². The lowest BCUT2D eigenvalue weighted by atomic mass is 9.89. The predicted molar refractivity (Wildman–Crippen MR) is 64.3 cm³/mol. The first-order valence-corrected chi connectivity index (χ1v) is 5.83.